The molecule has 3 nitrogen and oxygen atoms in total. The average molecular weight is 327 g/mol. The van der Waals surface area contributed by atoms with Crippen molar-refractivity contribution in [3.05, 3.63) is 22.2 Å². The molecular formula is C14H20BBrO3. The minimum absolute atomic E-state index is 0.347. The van der Waals surface area contributed by atoms with Gasteiger partial charge in [-0.25, -0.2) is 0 Å². The summed E-state index contributed by atoms with van der Waals surface area (Å²) in [6.07, 6.45) is 0. The van der Waals surface area contributed by atoms with Crippen LogP contribution in [0.1, 0.15) is 33.3 Å². The molecule has 0 saturated carbocycles. The first-order valence-corrected chi connectivity index (χ1v) is 7.17. The lowest BCUT2D eigenvalue weighted by molar-refractivity contribution is 0.00578. The SMILES string of the molecule is COc1cc(C)c(Br)cc1B1OC(C)(C)C(C)(C)O1. The lowest BCUT2D eigenvalue weighted by Crippen LogP contribution is -2.41. The summed E-state index contributed by atoms with van der Waals surface area (Å²) in [6, 6.07) is 4.00. The Balaban J connectivity index is 2.42. The summed E-state index contributed by atoms with van der Waals surface area (Å²) in [7, 11) is 1.26. The molecule has 2 rings (SSSR count). The van der Waals surface area contributed by atoms with E-state index in [1.165, 1.54) is 0 Å². The van der Waals surface area contributed by atoms with Crippen molar-refractivity contribution in [3.8, 4) is 5.75 Å². The van der Waals surface area contributed by atoms with Gasteiger partial charge in [0.15, 0.2) is 0 Å². The number of hydrogen-bond donors (Lipinski definition) is 0. The van der Waals surface area contributed by atoms with E-state index in [4.69, 9.17) is 14.0 Å². The van der Waals surface area contributed by atoms with Gasteiger partial charge in [0.2, 0.25) is 0 Å². The van der Waals surface area contributed by atoms with Crippen molar-refractivity contribution in [2.45, 2.75) is 45.8 Å². The minimum Gasteiger partial charge on any atom is -0.497 e. The number of halogens is 1. The number of benzene rings is 1. The normalized spacial score (nSPS) is 20.7. The molecule has 1 aromatic carbocycles. The standard InChI is InChI=1S/C14H20BBrO3/c1-9-7-12(17-6)10(8-11(9)16)15-18-13(2,3)14(4,5)19-15/h7-8H,1-6H3. The van der Waals surface area contributed by atoms with Gasteiger partial charge in [-0.15, -0.1) is 0 Å². The fraction of sp³-hybridized carbons (Fsp3) is 0.571. The Bertz CT molecular complexity index is 484. The van der Waals surface area contributed by atoms with Crippen LogP contribution in [-0.2, 0) is 9.31 Å². The molecule has 1 aliphatic rings. The summed E-state index contributed by atoms with van der Waals surface area (Å²) in [4.78, 5) is 0. The summed E-state index contributed by atoms with van der Waals surface area (Å²) < 4.78 is 18.6. The van der Waals surface area contributed by atoms with Crippen LogP contribution >= 0.6 is 15.9 Å². The van der Waals surface area contributed by atoms with E-state index in [1.54, 1.807) is 7.11 Å². The Morgan fingerprint density at radius 1 is 1.11 bits per heavy atom. The zero-order valence-corrected chi connectivity index (χ0v) is 13.9. The molecule has 0 unspecified atom stereocenters. The predicted molar refractivity (Wildman–Crippen MR) is 81.1 cm³/mol. The fourth-order valence-corrected chi connectivity index (χ4v) is 2.36. The Morgan fingerprint density at radius 3 is 2.11 bits per heavy atom. The summed E-state index contributed by atoms with van der Waals surface area (Å²) in [6.45, 7) is 10.2. The number of methoxy groups -OCH3 is 1. The van der Waals surface area contributed by atoms with E-state index in [0.29, 0.717) is 0 Å². The lowest BCUT2D eigenvalue weighted by Gasteiger charge is -2.32. The molecule has 0 spiro atoms. The summed E-state index contributed by atoms with van der Waals surface area (Å²) in [5.41, 5.74) is 1.34. The van der Waals surface area contributed by atoms with Crippen molar-refractivity contribution in [1.82, 2.24) is 0 Å². The van der Waals surface area contributed by atoms with Crippen LogP contribution in [0.25, 0.3) is 0 Å². The van der Waals surface area contributed by atoms with Crippen molar-refractivity contribution in [2.75, 3.05) is 7.11 Å². The maximum atomic E-state index is 6.06. The topological polar surface area (TPSA) is 27.7 Å². The number of hydrogen-bond acceptors (Lipinski definition) is 3. The zero-order chi connectivity index (χ0) is 14.4. The maximum Gasteiger partial charge on any atom is 0.498 e. The number of ether oxygens (including phenoxy) is 1. The van der Waals surface area contributed by atoms with Gasteiger partial charge in [0.25, 0.3) is 0 Å². The quantitative estimate of drug-likeness (QED) is 0.782. The number of aryl methyl sites for hydroxylation is 1. The molecule has 1 aliphatic heterocycles. The van der Waals surface area contributed by atoms with Gasteiger partial charge in [0.05, 0.1) is 18.3 Å². The van der Waals surface area contributed by atoms with Gasteiger partial charge >= 0.3 is 7.12 Å². The zero-order valence-electron chi connectivity index (χ0n) is 12.3. The largest absolute Gasteiger partial charge is 0.498 e. The van der Waals surface area contributed by atoms with Crippen molar-refractivity contribution < 1.29 is 14.0 Å². The van der Waals surface area contributed by atoms with Crippen LogP contribution in [0.3, 0.4) is 0 Å². The van der Waals surface area contributed by atoms with Gasteiger partial charge in [0.1, 0.15) is 5.75 Å². The van der Waals surface area contributed by atoms with Gasteiger partial charge in [-0.1, -0.05) is 15.9 Å². The third kappa shape index (κ3) is 2.56. The Kier molecular flexibility index (Phi) is 3.76. The second-order valence-corrected chi connectivity index (χ2v) is 6.79. The van der Waals surface area contributed by atoms with E-state index in [1.807, 2.05) is 46.8 Å². The smallest absolute Gasteiger partial charge is 0.497 e. The molecule has 0 radical (unpaired) electrons. The highest BCUT2D eigenvalue weighted by atomic mass is 79.9. The van der Waals surface area contributed by atoms with E-state index < -0.39 is 7.12 Å². The van der Waals surface area contributed by atoms with Crippen LogP contribution in [-0.4, -0.2) is 25.4 Å². The van der Waals surface area contributed by atoms with Crippen molar-refractivity contribution in [1.29, 1.82) is 0 Å². The monoisotopic (exact) mass is 326 g/mol. The van der Waals surface area contributed by atoms with Crippen LogP contribution in [0, 0.1) is 6.92 Å². The Hall–Kier alpha value is -0.515. The van der Waals surface area contributed by atoms with E-state index in [9.17, 15) is 0 Å². The molecule has 1 heterocycles. The predicted octanol–water partition coefficient (Wildman–Crippen LogP) is 3.07. The highest BCUT2D eigenvalue weighted by Gasteiger charge is 2.52. The van der Waals surface area contributed by atoms with E-state index in [2.05, 4.69) is 15.9 Å². The van der Waals surface area contributed by atoms with Gasteiger partial charge in [-0.2, -0.15) is 0 Å². The van der Waals surface area contributed by atoms with Gasteiger partial charge in [0, 0.05) is 9.94 Å². The van der Waals surface area contributed by atoms with Crippen LogP contribution in [0.4, 0.5) is 0 Å². The molecule has 1 fully saturated rings. The second kappa shape index (κ2) is 4.79. The first-order valence-electron chi connectivity index (χ1n) is 6.37. The molecule has 0 bridgehead atoms. The highest BCUT2D eigenvalue weighted by Crippen LogP contribution is 2.37. The van der Waals surface area contributed by atoms with Crippen LogP contribution in [0.5, 0.6) is 5.75 Å². The number of rotatable bonds is 2. The third-order valence-electron chi connectivity index (χ3n) is 4.02. The van der Waals surface area contributed by atoms with Gasteiger partial charge in [-0.05, 0) is 52.3 Å². The highest BCUT2D eigenvalue weighted by molar-refractivity contribution is 9.10. The summed E-state index contributed by atoms with van der Waals surface area (Å²) in [5, 5.41) is 0. The molecule has 0 aromatic heterocycles. The molecule has 0 atom stereocenters. The maximum absolute atomic E-state index is 6.06. The van der Waals surface area contributed by atoms with Crippen LogP contribution in [0.2, 0.25) is 0 Å². The van der Waals surface area contributed by atoms with Crippen LogP contribution < -0.4 is 10.2 Å². The first kappa shape index (κ1) is 14.9. The molecule has 104 valence electrons. The molecule has 5 heteroatoms. The lowest BCUT2D eigenvalue weighted by atomic mass is 9.78. The molecular weight excluding hydrogens is 307 g/mol. The van der Waals surface area contributed by atoms with Crippen molar-refractivity contribution >= 4 is 28.5 Å². The average Bonchev–Trinajstić information content (AvgIpc) is 2.51. The molecule has 19 heavy (non-hydrogen) atoms. The minimum atomic E-state index is -0.406. The summed E-state index contributed by atoms with van der Waals surface area (Å²) in [5.74, 6) is 0.791. The van der Waals surface area contributed by atoms with E-state index >= 15 is 0 Å². The second-order valence-electron chi connectivity index (χ2n) is 5.93. The summed E-state index contributed by atoms with van der Waals surface area (Å²) >= 11 is 3.55. The van der Waals surface area contributed by atoms with E-state index in [-0.39, 0.29) is 11.2 Å². The molecule has 1 saturated heterocycles. The van der Waals surface area contributed by atoms with Gasteiger partial charge < -0.3 is 14.0 Å². The van der Waals surface area contributed by atoms with Crippen LogP contribution in [0.15, 0.2) is 16.6 Å². The fourth-order valence-electron chi connectivity index (χ4n) is 2.00. The molecule has 0 aliphatic carbocycles. The molecule has 0 N–H and O–H groups in total. The Labute approximate surface area is 123 Å². The molecule has 1 aromatic rings. The van der Waals surface area contributed by atoms with E-state index in [0.717, 1.165) is 21.2 Å². The van der Waals surface area contributed by atoms with Gasteiger partial charge in [-0.3, -0.25) is 0 Å². The van der Waals surface area contributed by atoms with Crippen molar-refractivity contribution in [2.24, 2.45) is 0 Å². The van der Waals surface area contributed by atoms with Crippen molar-refractivity contribution in [3.63, 3.8) is 0 Å². The Morgan fingerprint density at radius 2 is 1.63 bits per heavy atom. The third-order valence-corrected chi connectivity index (χ3v) is 4.87. The first-order chi connectivity index (χ1) is 8.68. The molecule has 0 amide bonds.